The molecule has 5 heteroatoms. The second-order valence-electron chi connectivity index (χ2n) is 6.54. The van der Waals surface area contributed by atoms with Crippen LogP contribution in [0.2, 0.25) is 0 Å². The van der Waals surface area contributed by atoms with Crippen molar-refractivity contribution in [2.24, 2.45) is 0 Å². The summed E-state index contributed by atoms with van der Waals surface area (Å²) in [5, 5.41) is 2.97. The molecule has 0 heterocycles. The molecule has 1 N–H and O–H groups in total. The van der Waals surface area contributed by atoms with E-state index in [1.54, 1.807) is 6.92 Å². The molecule has 0 unspecified atom stereocenters. The molecule has 0 aromatic heterocycles. The SMILES string of the molecule is CCOC(=O)CCN(C(=O)Nc1ccccc1)C1CCCCCCC1. The van der Waals surface area contributed by atoms with E-state index in [-0.39, 0.29) is 24.5 Å². The second-order valence-corrected chi connectivity index (χ2v) is 6.54. The van der Waals surface area contributed by atoms with Gasteiger partial charge >= 0.3 is 12.0 Å². The highest BCUT2D eigenvalue weighted by atomic mass is 16.5. The van der Waals surface area contributed by atoms with Crippen LogP contribution in [0, 0.1) is 0 Å². The third-order valence-corrected chi connectivity index (χ3v) is 4.66. The predicted molar refractivity (Wildman–Crippen MR) is 99.5 cm³/mol. The van der Waals surface area contributed by atoms with Crippen LogP contribution < -0.4 is 5.32 Å². The summed E-state index contributed by atoms with van der Waals surface area (Å²) in [6, 6.07) is 9.53. The summed E-state index contributed by atoms with van der Waals surface area (Å²) < 4.78 is 5.03. The molecular weight excluding hydrogens is 316 g/mol. The van der Waals surface area contributed by atoms with Gasteiger partial charge in [-0.2, -0.15) is 0 Å². The smallest absolute Gasteiger partial charge is 0.322 e. The maximum absolute atomic E-state index is 12.8. The molecule has 1 aliphatic carbocycles. The maximum atomic E-state index is 12.8. The van der Waals surface area contributed by atoms with Crippen LogP contribution in [0.25, 0.3) is 0 Å². The largest absolute Gasteiger partial charge is 0.466 e. The summed E-state index contributed by atoms with van der Waals surface area (Å²) in [6.07, 6.45) is 8.26. The van der Waals surface area contributed by atoms with Crippen LogP contribution in [0.1, 0.15) is 58.3 Å². The zero-order valence-corrected chi connectivity index (χ0v) is 15.2. The number of nitrogens with zero attached hydrogens (tertiary/aromatic N) is 1. The Morgan fingerprint density at radius 1 is 1.08 bits per heavy atom. The van der Waals surface area contributed by atoms with E-state index in [4.69, 9.17) is 4.74 Å². The van der Waals surface area contributed by atoms with Crippen molar-refractivity contribution in [3.63, 3.8) is 0 Å². The van der Waals surface area contributed by atoms with E-state index in [0.717, 1.165) is 31.4 Å². The van der Waals surface area contributed by atoms with Crippen LogP contribution in [0.5, 0.6) is 0 Å². The number of esters is 1. The molecule has 0 saturated heterocycles. The average molecular weight is 346 g/mol. The first-order valence-electron chi connectivity index (χ1n) is 9.49. The standard InChI is InChI=1S/C20H30N2O3/c1-2-25-19(23)15-16-22(18-13-9-4-3-5-10-14-18)20(24)21-17-11-7-6-8-12-17/h6-8,11-12,18H,2-5,9-10,13-16H2,1H3,(H,21,24). The van der Waals surface area contributed by atoms with E-state index < -0.39 is 0 Å². The second kappa shape index (κ2) is 10.7. The van der Waals surface area contributed by atoms with Crippen molar-refractivity contribution in [3.05, 3.63) is 30.3 Å². The molecule has 1 aromatic carbocycles. The Hall–Kier alpha value is -2.04. The number of nitrogens with one attached hydrogen (secondary N) is 1. The minimum Gasteiger partial charge on any atom is -0.466 e. The number of anilines is 1. The Balaban J connectivity index is 2.03. The number of benzene rings is 1. The van der Waals surface area contributed by atoms with Gasteiger partial charge in [0, 0.05) is 18.3 Å². The summed E-state index contributed by atoms with van der Waals surface area (Å²) in [6.45, 7) is 2.58. The first kappa shape index (κ1) is 19.3. The fraction of sp³-hybridized carbons (Fsp3) is 0.600. The van der Waals surface area contributed by atoms with Crippen LogP contribution in [-0.4, -0.2) is 36.1 Å². The molecule has 0 bridgehead atoms. The number of rotatable bonds is 6. The Morgan fingerprint density at radius 3 is 2.36 bits per heavy atom. The van der Waals surface area contributed by atoms with Gasteiger partial charge < -0.3 is 15.0 Å². The molecule has 25 heavy (non-hydrogen) atoms. The summed E-state index contributed by atoms with van der Waals surface area (Å²) in [5.41, 5.74) is 0.777. The van der Waals surface area contributed by atoms with Gasteiger partial charge in [0.1, 0.15) is 0 Å². The van der Waals surface area contributed by atoms with Gasteiger partial charge in [-0.1, -0.05) is 50.3 Å². The zero-order valence-electron chi connectivity index (χ0n) is 15.2. The first-order chi connectivity index (χ1) is 12.2. The van der Waals surface area contributed by atoms with Crippen molar-refractivity contribution >= 4 is 17.7 Å². The molecule has 0 radical (unpaired) electrons. The van der Waals surface area contributed by atoms with Crippen LogP contribution in [0.3, 0.4) is 0 Å². The summed E-state index contributed by atoms with van der Waals surface area (Å²) in [7, 11) is 0. The lowest BCUT2D eigenvalue weighted by molar-refractivity contribution is -0.143. The number of para-hydroxylation sites is 1. The van der Waals surface area contributed by atoms with E-state index in [0.29, 0.717) is 13.2 Å². The fourth-order valence-electron chi connectivity index (χ4n) is 3.36. The van der Waals surface area contributed by atoms with Gasteiger partial charge in [0.05, 0.1) is 13.0 Å². The molecule has 1 fully saturated rings. The lowest BCUT2D eigenvalue weighted by atomic mass is 9.95. The molecular formula is C20H30N2O3. The molecule has 2 rings (SSSR count). The van der Waals surface area contributed by atoms with Crippen LogP contribution in [0.4, 0.5) is 10.5 Å². The van der Waals surface area contributed by atoms with E-state index in [2.05, 4.69) is 5.32 Å². The molecule has 5 nitrogen and oxygen atoms in total. The zero-order chi connectivity index (χ0) is 17.9. The average Bonchev–Trinajstić information content (AvgIpc) is 2.57. The minimum atomic E-state index is -0.245. The van der Waals surface area contributed by atoms with Crippen molar-refractivity contribution in [3.8, 4) is 0 Å². The molecule has 1 saturated carbocycles. The van der Waals surface area contributed by atoms with Gasteiger partial charge in [-0.05, 0) is 31.9 Å². The number of amides is 2. The van der Waals surface area contributed by atoms with E-state index in [1.165, 1.54) is 19.3 Å². The van der Waals surface area contributed by atoms with E-state index in [9.17, 15) is 9.59 Å². The Bertz CT molecular complexity index is 525. The summed E-state index contributed by atoms with van der Waals surface area (Å²) in [4.78, 5) is 26.4. The fourth-order valence-corrected chi connectivity index (χ4v) is 3.36. The molecule has 0 aliphatic heterocycles. The van der Waals surface area contributed by atoms with Crippen molar-refractivity contribution in [1.29, 1.82) is 0 Å². The van der Waals surface area contributed by atoms with Gasteiger partial charge in [0.2, 0.25) is 0 Å². The number of carbonyl (C=O) groups excluding carboxylic acids is 2. The Kier molecular flexibility index (Phi) is 8.29. The number of ether oxygens (including phenoxy) is 1. The lowest BCUT2D eigenvalue weighted by Crippen LogP contribution is -2.44. The van der Waals surface area contributed by atoms with Crippen molar-refractivity contribution in [2.75, 3.05) is 18.5 Å². The lowest BCUT2D eigenvalue weighted by Gasteiger charge is -2.33. The quantitative estimate of drug-likeness (QED) is 0.767. The molecule has 0 spiro atoms. The maximum Gasteiger partial charge on any atom is 0.322 e. The van der Waals surface area contributed by atoms with Crippen molar-refractivity contribution < 1.29 is 14.3 Å². The highest BCUT2D eigenvalue weighted by Crippen LogP contribution is 2.22. The summed E-state index contributed by atoms with van der Waals surface area (Å²) in [5.74, 6) is -0.245. The van der Waals surface area contributed by atoms with Crippen molar-refractivity contribution in [2.45, 2.75) is 64.3 Å². The van der Waals surface area contributed by atoms with E-state index >= 15 is 0 Å². The molecule has 138 valence electrons. The Morgan fingerprint density at radius 2 is 1.72 bits per heavy atom. The normalized spacial score (nSPS) is 15.7. The van der Waals surface area contributed by atoms with Crippen LogP contribution >= 0.6 is 0 Å². The van der Waals surface area contributed by atoms with Gasteiger partial charge in [-0.15, -0.1) is 0 Å². The van der Waals surface area contributed by atoms with Gasteiger partial charge in [0.15, 0.2) is 0 Å². The number of carbonyl (C=O) groups is 2. The first-order valence-corrected chi connectivity index (χ1v) is 9.49. The molecule has 1 aromatic rings. The minimum absolute atomic E-state index is 0.124. The number of urea groups is 1. The van der Waals surface area contributed by atoms with E-state index in [1.807, 2.05) is 35.2 Å². The highest BCUT2D eigenvalue weighted by Gasteiger charge is 2.25. The number of hydrogen-bond acceptors (Lipinski definition) is 3. The van der Waals surface area contributed by atoms with Gasteiger partial charge in [-0.25, -0.2) is 4.79 Å². The molecule has 1 aliphatic rings. The van der Waals surface area contributed by atoms with Crippen LogP contribution in [-0.2, 0) is 9.53 Å². The van der Waals surface area contributed by atoms with Crippen LogP contribution in [0.15, 0.2) is 30.3 Å². The molecule has 2 amide bonds. The monoisotopic (exact) mass is 346 g/mol. The number of hydrogen-bond donors (Lipinski definition) is 1. The van der Waals surface area contributed by atoms with Crippen molar-refractivity contribution in [1.82, 2.24) is 4.90 Å². The molecule has 0 atom stereocenters. The topological polar surface area (TPSA) is 58.6 Å². The van der Waals surface area contributed by atoms with Gasteiger partial charge in [0.25, 0.3) is 0 Å². The van der Waals surface area contributed by atoms with Gasteiger partial charge in [-0.3, -0.25) is 4.79 Å². The predicted octanol–water partition coefficient (Wildman–Crippen LogP) is 4.59. The highest BCUT2D eigenvalue weighted by molar-refractivity contribution is 5.89. The third-order valence-electron chi connectivity index (χ3n) is 4.66. The Labute approximate surface area is 150 Å². The summed E-state index contributed by atoms with van der Waals surface area (Å²) >= 11 is 0. The third kappa shape index (κ3) is 6.77.